The highest BCUT2D eigenvalue weighted by atomic mass is 15.2. The van der Waals surface area contributed by atoms with Gasteiger partial charge in [0, 0.05) is 13.8 Å². The lowest BCUT2D eigenvalue weighted by molar-refractivity contribution is 0.531. The van der Waals surface area contributed by atoms with E-state index in [0.717, 1.165) is 0 Å². The zero-order valence-corrected chi connectivity index (χ0v) is 7.79. The molecule has 0 N–H and O–H groups in total. The van der Waals surface area contributed by atoms with E-state index in [1.54, 1.807) is 27.7 Å². The first-order valence-corrected chi connectivity index (χ1v) is 3.57. The second-order valence-electron chi connectivity index (χ2n) is 3.48. The summed E-state index contributed by atoms with van der Waals surface area (Å²) in [7, 11) is 0. The molecule has 0 aromatic heterocycles. The molecule has 12 heavy (non-hydrogen) atoms. The van der Waals surface area contributed by atoms with E-state index >= 15 is 0 Å². The molecule has 0 bridgehead atoms. The molecule has 0 amide bonds. The molecule has 0 heterocycles. The van der Waals surface area contributed by atoms with Gasteiger partial charge in [-0.1, -0.05) is 0 Å². The fourth-order valence-electron chi connectivity index (χ4n) is 0.292. The first-order valence-electron chi connectivity index (χ1n) is 3.57. The minimum Gasteiger partial charge on any atom is -0.284 e. The van der Waals surface area contributed by atoms with Crippen molar-refractivity contribution in [2.24, 2.45) is 10.2 Å². The molecule has 0 aromatic carbocycles. The average Bonchev–Trinajstić information content (AvgIpc) is 2.02. The molecule has 4 heteroatoms. The summed E-state index contributed by atoms with van der Waals surface area (Å²) in [5.74, 6) is 0. The lowest BCUT2D eigenvalue weighted by atomic mass is 10.1. The topological polar surface area (TPSA) is 52.9 Å². The van der Waals surface area contributed by atoms with Crippen molar-refractivity contribution in [3.63, 3.8) is 0 Å². The molecule has 0 aliphatic carbocycles. The Morgan fingerprint density at radius 3 is 2.08 bits per heavy atom. The van der Waals surface area contributed by atoms with Crippen molar-refractivity contribution < 1.29 is 0 Å². The van der Waals surface area contributed by atoms with Crippen LogP contribution in [0.2, 0.25) is 0 Å². The van der Waals surface area contributed by atoms with Crippen LogP contribution in [-0.2, 0) is 0 Å². The molecule has 0 aliphatic rings. The predicted octanol–water partition coefficient (Wildman–Crippen LogP) is 2.40. The van der Waals surface area contributed by atoms with Crippen molar-refractivity contribution in [3.05, 3.63) is 11.4 Å². The van der Waals surface area contributed by atoms with Crippen LogP contribution in [0.5, 0.6) is 0 Å². The number of rotatable bonds is 2. The molecular weight excluding hydrogens is 152 g/mol. The minimum atomic E-state index is -0.853. The number of azo groups is 1. The summed E-state index contributed by atoms with van der Waals surface area (Å²) in [6, 6.07) is 1.97. The van der Waals surface area contributed by atoms with Gasteiger partial charge in [0.05, 0.1) is 6.07 Å². The third kappa shape index (κ3) is 3.68. The van der Waals surface area contributed by atoms with E-state index in [0.29, 0.717) is 0 Å². The van der Waals surface area contributed by atoms with E-state index in [1.165, 1.54) is 0 Å². The Labute approximate surface area is 72.7 Å². The van der Waals surface area contributed by atoms with Crippen molar-refractivity contribution in [1.29, 1.82) is 5.26 Å². The van der Waals surface area contributed by atoms with Gasteiger partial charge in [0.25, 0.3) is 0 Å². The van der Waals surface area contributed by atoms with Gasteiger partial charge in [-0.3, -0.25) is 4.85 Å². The molecule has 4 nitrogen and oxygen atoms in total. The second-order valence-corrected chi connectivity index (χ2v) is 3.48. The Balaban J connectivity index is 4.50. The van der Waals surface area contributed by atoms with E-state index in [4.69, 9.17) is 11.8 Å². The molecule has 0 saturated carbocycles. The molecule has 0 atom stereocenters. The Morgan fingerprint density at radius 1 is 1.25 bits per heavy atom. The second kappa shape index (κ2) is 3.32. The van der Waals surface area contributed by atoms with Gasteiger partial charge < -0.3 is 0 Å². The zero-order valence-electron chi connectivity index (χ0n) is 7.79. The molecule has 0 spiro atoms. The quantitative estimate of drug-likeness (QED) is 0.456. The largest absolute Gasteiger partial charge is 0.335 e. The van der Waals surface area contributed by atoms with E-state index in [-0.39, 0.29) is 0 Å². The summed E-state index contributed by atoms with van der Waals surface area (Å²) in [6.07, 6.45) is 0. The Bertz CT molecular complexity index is 234. The van der Waals surface area contributed by atoms with Crippen LogP contribution in [0.15, 0.2) is 10.2 Å². The van der Waals surface area contributed by atoms with Gasteiger partial charge in [0.15, 0.2) is 5.54 Å². The van der Waals surface area contributed by atoms with Crippen molar-refractivity contribution in [2.45, 2.75) is 38.9 Å². The highest BCUT2D eigenvalue weighted by Gasteiger charge is 2.23. The zero-order chi connectivity index (χ0) is 9.83. The molecule has 0 rings (SSSR count). The van der Waals surface area contributed by atoms with Crippen molar-refractivity contribution in [3.8, 4) is 6.07 Å². The summed E-state index contributed by atoms with van der Waals surface area (Å²) in [6.45, 7) is 13.4. The van der Waals surface area contributed by atoms with E-state index in [2.05, 4.69) is 15.1 Å². The predicted molar refractivity (Wildman–Crippen MR) is 45.2 cm³/mol. The molecule has 0 aliphatic heterocycles. The van der Waals surface area contributed by atoms with Crippen molar-refractivity contribution >= 4 is 0 Å². The molecular formula is C8H12N4. The highest BCUT2D eigenvalue weighted by Crippen LogP contribution is 2.15. The van der Waals surface area contributed by atoms with Crippen LogP contribution in [0.25, 0.3) is 4.85 Å². The summed E-state index contributed by atoms with van der Waals surface area (Å²) >= 11 is 0. The Kier molecular flexibility index (Phi) is 2.93. The SMILES string of the molecule is [C-]#[N+]C(C)(C)N=NC(C)(C)C#N. The summed E-state index contributed by atoms with van der Waals surface area (Å²) in [5.41, 5.74) is -1.68. The third-order valence-electron chi connectivity index (χ3n) is 1.09. The average molecular weight is 164 g/mol. The van der Waals surface area contributed by atoms with Crippen LogP contribution >= 0.6 is 0 Å². The first-order chi connectivity index (χ1) is 5.33. The van der Waals surface area contributed by atoms with Gasteiger partial charge in [-0.25, -0.2) is 6.57 Å². The number of hydrogen-bond donors (Lipinski definition) is 0. The van der Waals surface area contributed by atoms with Crippen molar-refractivity contribution in [2.75, 3.05) is 0 Å². The van der Waals surface area contributed by atoms with Gasteiger partial charge >= 0.3 is 5.66 Å². The maximum Gasteiger partial charge on any atom is 0.335 e. The molecule has 0 aromatic rings. The van der Waals surface area contributed by atoms with Gasteiger partial charge in [-0.2, -0.15) is 10.4 Å². The molecule has 0 radical (unpaired) electrons. The lowest BCUT2D eigenvalue weighted by Crippen LogP contribution is -2.16. The molecule has 64 valence electrons. The molecule has 0 fully saturated rings. The maximum absolute atomic E-state index is 8.58. The van der Waals surface area contributed by atoms with E-state index < -0.39 is 11.2 Å². The summed E-state index contributed by atoms with van der Waals surface area (Å²) in [5, 5.41) is 16.1. The first kappa shape index (κ1) is 10.6. The van der Waals surface area contributed by atoms with Crippen LogP contribution < -0.4 is 0 Å². The number of hydrogen-bond acceptors (Lipinski definition) is 3. The molecule has 0 saturated heterocycles. The van der Waals surface area contributed by atoms with Crippen LogP contribution in [0.3, 0.4) is 0 Å². The fraction of sp³-hybridized carbons (Fsp3) is 0.750. The van der Waals surface area contributed by atoms with Gasteiger partial charge in [0.1, 0.15) is 0 Å². The smallest absolute Gasteiger partial charge is 0.284 e. The van der Waals surface area contributed by atoms with Gasteiger partial charge in [0.2, 0.25) is 0 Å². The molecule has 0 unspecified atom stereocenters. The monoisotopic (exact) mass is 164 g/mol. The van der Waals surface area contributed by atoms with E-state index in [9.17, 15) is 0 Å². The van der Waals surface area contributed by atoms with Crippen molar-refractivity contribution in [1.82, 2.24) is 0 Å². The normalized spacial score (nSPS) is 12.5. The van der Waals surface area contributed by atoms with Gasteiger partial charge in [-0.05, 0) is 13.8 Å². The standard InChI is InChI=1S/C8H12N4/c1-7(2,6-9)11-12-8(3,4)10-5/h1-4H3. The fourth-order valence-corrected chi connectivity index (χ4v) is 0.292. The van der Waals surface area contributed by atoms with Crippen LogP contribution in [-0.4, -0.2) is 11.2 Å². The Hall–Kier alpha value is -1.42. The van der Waals surface area contributed by atoms with Crippen LogP contribution in [0.1, 0.15) is 27.7 Å². The van der Waals surface area contributed by atoms with Crippen LogP contribution in [0.4, 0.5) is 0 Å². The number of nitriles is 1. The van der Waals surface area contributed by atoms with Crippen LogP contribution in [0, 0.1) is 17.9 Å². The van der Waals surface area contributed by atoms with Gasteiger partial charge in [-0.15, -0.1) is 5.11 Å². The maximum atomic E-state index is 8.58. The highest BCUT2D eigenvalue weighted by molar-refractivity contribution is 5.00. The summed E-state index contributed by atoms with van der Waals surface area (Å²) < 4.78 is 0. The number of nitrogens with zero attached hydrogens (tertiary/aromatic N) is 4. The lowest BCUT2D eigenvalue weighted by Gasteiger charge is -2.08. The minimum absolute atomic E-state index is 0.831. The third-order valence-corrected chi connectivity index (χ3v) is 1.09. The van der Waals surface area contributed by atoms with E-state index in [1.807, 2.05) is 6.07 Å². The Morgan fingerprint density at radius 2 is 1.75 bits per heavy atom. The summed E-state index contributed by atoms with van der Waals surface area (Å²) in [4.78, 5) is 3.24.